The zero-order chi connectivity index (χ0) is 14.6. The molecule has 2 fully saturated rings. The number of hydrogen-bond acceptors (Lipinski definition) is 4. The monoisotopic (exact) mass is 284 g/mol. The predicted molar refractivity (Wildman–Crippen MR) is 77.2 cm³/mol. The van der Waals surface area contributed by atoms with E-state index < -0.39 is 0 Å². The molecular weight excluding hydrogens is 256 g/mol. The van der Waals surface area contributed by atoms with E-state index in [1.165, 1.54) is 12.0 Å². The number of allylic oxidation sites excluding steroid dienone is 1. The molecule has 2 aliphatic rings. The molecule has 0 aromatic heterocycles. The Bertz CT molecular complexity index is 330. The third-order valence-electron chi connectivity index (χ3n) is 5.10. The van der Waals surface area contributed by atoms with Crippen molar-refractivity contribution in [2.75, 3.05) is 41.0 Å². The maximum Gasteiger partial charge on any atom is 0.146 e. The van der Waals surface area contributed by atoms with E-state index in [0.29, 0.717) is 24.9 Å². The lowest BCUT2D eigenvalue weighted by atomic mass is 9.71. The highest BCUT2D eigenvalue weighted by Gasteiger charge is 2.61. The fourth-order valence-corrected chi connectivity index (χ4v) is 3.93. The van der Waals surface area contributed by atoms with Crippen molar-refractivity contribution in [3.8, 4) is 0 Å². The Morgan fingerprint density at radius 1 is 1.15 bits per heavy atom. The van der Waals surface area contributed by atoms with E-state index >= 15 is 0 Å². The molecule has 2 saturated carbocycles. The zero-order valence-electron chi connectivity index (χ0n) is 13.0. The molecule has 0 N–H and O–H groups in total. The standard InChI is InChI=1S/C16H28O4/c1-12-13-9-15(13)16(2,6-8-20-11-18-4)14(12)5-7-19-10-17-3/h13-15H,1,5-11H2,2-4H3/t13?,14-,15?,16+/m0/s1. The Balaban J connectivity index is 1.85. The van der Waals surface area contributed by atoms with Crippen molar-refractivity contribution < 1.29 is 18.9 Å². The first-order chi connectivity index (χ1) is 9.65. The minimum atomic E-state index is 0.311. The van der Waals surface area contributed by atoms with Crippen LogP contribution in [0.15, 0.2) is 12.2 Å². The molecule has 20 heavy (non-hydrogen) atoms. The highest BCUT2D eigenvalue weighted by Crippen LogP contribution is 2.68. The van der Waals surface area contributed by atoms with Crippen LogP contribution in [-0.4, -0.2) is 41.0 Å². The quantitative estimate of drug-likeness (QED) is 0.351. The van der Waals surface area contributed by atoms with Crippen molar-refractivity contribution in [1.82, 2.24) is 0 Å². The molecule has 0 bridgehead atoms. The van der Waals surface area contributed by atoms with Crippen LogP contribution in [0.4, 0.5) is 0 Å². The van der Waals surface area contributed by atoms with Gasteiger partial charge in [-0.3, -0.25) is 0 Å². The Morgan fingerprint density at radius 3 is 2.45 bits per heavy atom. The first-order valence-electron chi connectivity index (χ1n) is 7.47. The maximum absolute atomic E-state index is 5.50. The fourth-order valence-electron chi connectivity index (χ4n) is 3.93. The van der Waals surface area contributed by atoms with Crippen LogP contribution >= 0.6 is 0 Å². The summed E-state index contributed by atoms with van der Waals surface area (Å²) in [6.07, 6.45) is 3.43. The molecule has 4 heteroatoms. The largest absolute Gasteiger partial charge is 0.359 e. The molecule has 4 atom stereocenters. The zero-order valence-corrected chi connectivity index (χ0v) is 13.0. The van der Waals surface area contributed by atoms with Gasteiger partial charge in [-0.05, 0) is 42.4 Å². The second-order valence-corrected chi connectivity index (χ2v) is 6.25. The summed E-state index contributed by atoms with van der Waals surface area (Å²) in [5, 5.41) is 0. The van der Waals surface area contributed by atoms with E-state index in [-0.39, 0.29) is 0 Å². The van der Waals surface area contributed by atoms with Crippen molar-refractivity contribution in [1.29, 1.82) is 0 Å². The highest BCUT2D eigenvalue weighted by molar-refractivity contribution is 5.29. The summed E-state index contributed by atoms with van der Waals surface area (Å²) in [6.45, 7) is 9.00. The number of ether oxygens (including phenoxy) is 4. The molecule has 2 unspecified atom stereocenters. The SMILES string of the molecule is C=C1C2CC2[C@](C)(CCOCOC)[C@H]1CCOCOC. The summed E-state index contributed by atoms with van der Waals surface area (Å²) in [4.78, 5) is 0. The summed E-state index contributed by atoms with van der Waals surface area (Å²) < 4.78 is 20.8. The molecule has 116 valence electrons. The second kappa shape index (κ2) is 7.03. The number of methoxy groups -OCH3 is 2. The highest BCUT2D eigenvalue weighted by atomic mass is 16.7. The van der Waals surface area contributed by atoms with Gasteiger partial charge in [0, 0.05) is 20.8 Å². The normalized spacial score (nSPS) is 35.4. The maximum atomic E-state index is 5.50. The topological polar surface area (TPSA) is 36.9 Å². The minimum absolute atomic E-state index is 0.311. The molecule has 2 rings (SSSR count). The predicted octanol–water partition coefficient (Wildman–Crippen LogP) is 2.84. The van der Waals surface area contributed by atoms with Crippen molar-refractivity contribution >= 4 is 0 Å². The van der Waals surface area contributed by atoms with E-state index in [4.69, 9.17) is 18.9 Å². The second-order valence-electron chi connectivity index (χ2n) is 6.25. The number of rotatable bonds is 10. The van der Waals surface area contributed by atoms with Crippen molar-refractivity contribution in [2.45, 2.75) is 26.2 Å². The molecule has 4 nitrogen and oxygen atoms in total. The Labute approximate surface area is 122 Å². The van der Waals surface area contributed by atoms with Gasteiger partial charge in [0.15, 0.2) is 0 Å². The van der Waals surface area contributed by atoms with Crippen molar-refractivity contribution in [2.24, 2.45) is 23.2 Å². The van der Waals surface area contributed by atoms with Gasteiger partial charge in [0.2, 0.25) is 0 Å². The van der Waals surface area contributed by atoms with Gasteiger partial charge in [0.1, 0.15) is 13.6 Å². The van der Waals surface area contributed by atoms with Crippen LogP contribution in [0.25, 0.3) is 0 Å². The summed E-state index contributed by atoms with van der Waals surface area (Å²) in [5.74, 6) is 2.10. The van der Waals surface area contributed by atoms with E-state index in [1.54, 1.807) is 14.2 Å². The fraction of sp³-hybridized carbons (Fsp3) is 0.875. The minimum Gasteiger partial charge on any atom is -0.359 e. The molecule has 0 heterocycles. The van der Waals surface area contributed by atoms with E-state index in [9.17, 15) is 0 Å². The first kappa shape index (κ1) is 16.0. The van der Waals surface area contributed by atoms with Gasteiger partial charge in [-0.15, -0.1) is 0 Å². The third kappa shape index (κ3) is 3.25. The van der Waals surface area contributed by atoms with E-state index in [1.807, 2.05) is 0 Å². The van der Waals surface area contributed by atoms with Crippen LogP contribution in [0.3, 0.4) is 0 Å². The molecule has 0 aliphatic heterocycles. The van der Waals surface area contributed by atoms with Crippen LogP contribution in [0.2, 0.25) is 0 Å². The first-order valence-corrected chi connectivity index (χ1v) is 7.47. The number of fused-ring (bicyclic) bond motifs is 1. The summed E-state index contributed by atoms with van der Waals surface area (Å²) in [6, 6.07) is 0. The van der Waals surface area contributed by atoms with E-state index in [0.717, 1.165) is 37.9 Å². The van der Waals surface area contributed by atoms with Crippen LogP contribution in [0, 0.1) is 23.2 Å². The molecular formula is C16H28O4. The Hall–Kier alpha value is -0.420. The van der Waals surface area contributed by atoms with Gasteiger partial charge < -0.3 is 18.9 Å². The van der Waals surface area contributed by atoms with Gasteiger partial charge >= 0.3 is 0 Å². The van der Waals surface area contributed by atoms with Crippen LogP contribution in [0.5, 0.6) is 0 Å². The van der Waals surface area contributed by atoms with Gasteiger partial charge in [-0.1, -0.05) is 19.1 Å². The van der Waals surface area contributed by atoms with Crippen molar-refractivity contribution in [3.63, 3.8) is 0 Å². The van der Waals surface area contributed by atoms with Gasteiger partial charge in [-0.25, -0.2) is 0 Å². The van der Waals surface area contributed by atoms with Crippen LogP contribution in [0.1, 0.15) is 26.2 Å². The smallest absolute Gasteiger partial charge is 0.146 e. The number of hydrogen-bond donors (Lipinski definition) is 0. The average molecular weight is 284 g/mol. The lowest BCUT2D eigenvalue weighted by molar-refractivity contribution is -0.0506. The Morgan fingerprint density at radius 2 is 1.80 bits per heavy atom. The Kier molecular flexibility index (Phi) is 5.61. The average Bonchev–Trinajstić information content (AvgIpc) is 3.20. The summed E-state index contributed by atoms with van der Waals surface area (Å²) in [5.41, 5.74) is 1.75. The lowest BCUT2D eigenvalue weighted by Gasteiger charge is -2.35. The molecule has 0 aromatic carbocycles. The molecule has 0 amide bonds. The molecule has 0 aromatic rings. The van der Waals surface area contributed by atoms with Crippen LogP contribution in [-0.2, 0) is 18.9 Å². The molecule has 0 spiro atoms. The summed E-state index contributed by atoms with van der Waals surface area (Å²) >= 11 is 0. The third-order valence-corrected chi connectivity index (χ3v) is 5.10. The molecule has 0 radical (unpaired) electrons. The molecule has 2 aliphatic carbocycles. The lowest BCUT2D eigenvalue weighted by Crippen LogP contribution is -2.29. The van der Waals surface area contributed by atoms with Gasteiger partial charge in [0.05, 0.1) is 6.61 Å². The van der Waals surface area contributed by atoms with Crippen molar-refractivity contribution in [3.05, 3.63) is 12.2 Å². The van der Waals surface area contributed by atoms with Gasteiger partial charge in [0.25, 0.3) is 0 Å². The van der Waals surface area contributed by atoms with E-state index in [2.05, 4.69) is 13.5 Å². The van der Waals surface area contributed by atoms with Gasteiger partial charge in [-0.2, -0.15) is 0 Å². The molecule has 0 saturated heterocycles. The van der Waals surface area contributed by atoms with Crippen LogP contribution < -0.4 is 0 Å². The summed E-state index contributed by atoms with van der Waals surface area (Å²) in [7, 11) is 3.31.